The van der Waals surface area contributed by atoms with Gasteiger partial charge in [-0.15, -0.1) is 0 Å². The Balaban J connectivity index is 1.92. The molecule has 0 bridgehead atoms. The highest BCUT2D eigenvalue weighted by atomic mass is 35.5. The Morgan fingerprint density at radius 1 is 0.977 bits per heavy atom. The van der Waals surface area contributed by atoms with E-state index in [1.807, 2.05) is 12.3 Å². The molecule has 44 heavy (non-hydrogen) atoms. The number of carbonyl (C=O) groups is 2. The molecule has 2 atom stereocenters. The Kier molecular flexibility index (Phi) is 10.8. The molecular weight excluding hydrogens is 590 g/mol. The fourth-order valence-electron chi connectivity index (χ4n) is 4.36. The first-order chi connectivity index (χ1) is 20.7. The van der Waals surface area contributed by atoms with Crippen LogP contribution in [0.5, 0.6) is 0 Å². The zero-order valence-corrected chi connectivity index (χ0v) is 25.3. The van der Waals surface area contributed by atoms with Gasteiger partial charge in [-0.05, 0) is 34.7 Å². The number of nitrogens with zero attached hydrogens (tertiary/aromatic N) is 5. The highest BCUT2D eigenvalue weighted by molar-refractivity contribution is 6.30. The summed E-state index contributed by atoms with van der Waals surface area (Å²) >= 11 is 5.97. The van der Waals surface area contributed by atoms with E-state index in [0.717, 1.165) is 33.3 Å². The molecule has 0 aliphatic heterocycles. The third-order valence-corrected chi connectivity index (χ3v) is 7.01. The summed E-state index contributed by atoms with van der Waals surface area (Å²) in [6.07, 6.45) is 2.08. The molecule has 3 aromatic carbocycles. The van der Waals surface area contributed by atoms with Gasteiger partial charge in [0.25, 0.3) is 17.3 Å². The van der Waals surface area contributed by atoms with Crippen LogP contribution in [0.25, 0.3) is 0 Å². The van der Waals surface area contributed by atoms with Gasteiger partial charge >= 0.3 is 0 Å². The molecule has 0 radical (unpaired) electrons. The van der Waals surface area contributed by atoms with E-state index in [9.17, 15) is 35.1 Å². The van der Waals surface area contributed by atoms with Gasteiger partial charge < -0.3 is 10.6 Å². The second-order valence-electron chi connectivity index (χ2n) is 11.1. The fourth-order valence-corrected chi connectivity index (χ4v) is 4.48. The molecule has 2 N–H and O–H groups in total. The summed E-state index contributed by atoms with van der Waals surface area (Å²) in [4.78, 5) is 49.0. The van der Waals surface area contributed by atoms with Gasteiger partial charge in [0.2, 0.25) is 5.91 Å². The van der Waals surface area contributed by atoms with Gasteiger partial charge in [0, 0.05) is 24.6 Å². The van der Waals surface area contributed by atoms with Gasteiger partial charge in [0.1, 0.15) is 17.8 Å². The number of amides is 2. The van der Waals surface area contributed by atoms with Crippen molar-refractivity contribution >= 4 is 40.5 Å². The second-order valence-corrected chi connectivity index (χ2v) is 11.5. The normalized spacial score (nSPS) is 12.3. The molecule has 14 heteroatoms. The van der Waals surface area contributed by atoms with Crippen molar-refractivity contribution in [3.05, 3.63) is 109 Å². The predicted molar refractivity (Wildman–Crippen MR) is 164 cm³/mol. The summed E-state index contributed by atoms with van der Waals surface area (Å²) in [6.45, 7) is 5.25. The first-order valence-electron chi connectivity index (χ1n) is 13.4. The largest absolute Gasteiger partial charge is 0.368 e. The molecule has 0 aromatic heterocycles. The van der Waals surface area contributed by atoms with Gasteiger partial charge in [0.05, 0.1) is 22.5 Å². The van der Waals surface area contributed by atoms with Crippen LogP contribution in [0, 0.1) is 37.1 Å². The Labute approximate surface area is 259 Å². The van der Waals surface area contributed by atoms with E-state index in [-0.39, 0.29) is 18.7 Å². The van der Waals surface area contributed by atoms with Crippen LogP contribution < -0.4 is 10.6 Å². The van der Waals surface area contributed by atoms with Crippen LogP contribution in [0.3, 0.4) is 0 Å². The Morgan fingerprint density at radius 3 is 2.16 bits per heavy atom. The molecule has 3 rings (SSSR count). The summed E-state index contributed by atoms with van der Waals surface area (Å²) in [6, 6.07) is 16.6. The molecule has 0 heterocycles. The monoisotopic (exact) mass is 621 g/mol. The van der Waals surface area contributed by atoms with Crippen LogP contribution in [0.1, 0.15) is 31.9 Å². The number of hydrazine groups is 1. The lowest BCUT2D eigenvalue weighted by atomic mass is 9.85. The number of anilines is 1. The minimum atomic E-state index is -1.13. The highest BCUT2D eigenvalue weighted by Crippen LogP contribution is 2.32. The van der Waals surface area contributed by atoms with Crippen LogP contribution in [0.4, 0.5) is 17.1 Å². The topological polar surface area (TPSA) is 175 Å². The van der Waals surface area contributed by atoms with E-state index in [1.165, 1.54) is 13.1 Å². The molecule has 0 fully saturated rings. The lowest BCUT2D eigenvalue weighted by Crippen LogP contribution is -2.57. The number of nitriles is 1. The highest BCUT2D eigenvalue weighted by Gasteiger charge is 2.37. The van der Waals surface area contributed by atoms with Crippen LogP contribution in [0.2, 0.25) is 5.02 Å². The van der Waals surface area contributed by atoms with Gasteiger partial charge in [-0.1, -0.05) is 74.8 Å². The number of nitro groups is 2. The summed E-state index contributed by atoms with van der Waals surface area (Å²) in [5.74, 6) is -1.22. The average molecular weight is 622 g/mol. The van der Waals surface area contributed by atoms with Crippen LogP contribution in [-0.4, -0.2) is 50.8 Å². The molecule has 2 amide bonds. The molecule has 13 nitrogen and oxygen atoms in total. The Bertz CT molecular complexity index is 1550. The van der Waals surface area contributed by atoms with Gasteiger partial charge in [-0.3, -0.25) is 29.8 Å². The molecule has 230 valence electrons. The summed E-state index contributed by atoms with van der Waals surface area (Å²) in [5, 5.41) is 41.2. The summed E-state index contributed by atoms with van der Waals surface area (Å²) in [5.41, 5.74) is -0.523. The standard InChI is InChI=1S/C30H32ClN7O6/c1-30(2,3)27(33-24-15-14-23(37(41)42)17-26(24)38(43)44)28(39)34-25(16-20-8-6-5-7-9-20)29(40)35(4)36(19-32)18-21-10-12-22(31)13-11-21/h5-15,17,25,27,33H,16,18H2,1-4H3,(H,34,39)/t25-,27+/m0/s1. The van der Waals surface area contributed by atoms with E-state index in [4.69, 9.17) is 11.6 Å². The van der Waals surface area contributed by atoms with Crippen molar-refractivity contribution in [3.8, 4) is 6.19 Å². The van der Waals surface area contributed by atoms with E-state index < -0.39 is 50.5 Å². The van der Waals surface area contributed by atoms with Crippen molar-refractivity contribution in [2.24, 2.45) is 5.41 Å². The number of non-ortho nitro benzene ring substituents is 1. The number of benzene rings is 3. The minimum Gasteiger partial charge on any atom is -0.368 e. The Morgan fingerprint density at radius 2 is 1.61 bits per heavy atom. The van der Waals surface area contributed by atoms with Crippen molar-refractivity contribution in [3.63, 3.8) is 0 Å². The second kappa shape index (κ2) is 14.3. The van der Waals surface area contributed by atoms with E-state index in [2.05, 4.69) is 10.6 Å². The maximum absolute atomic E-state index is 13.8. The molecule has 0 saturated heterocycles. The lowest BCUT2D eigenvalue weighted by Gasteiger charge is -2.34. The third kappa shape index (κ3) is 8.65. The third-order valence-electron chi connectivity index (χ3n) is 6.76. The number of rotatable bonds is 12. The number of hydrogen-bond donors (Lipinski definition) is 2. The van der Waals surface area contributed by atoms with E-state index in [0.29, 0.717) is 5.02 Å². The zero-order chi connectivity index (χ0) is 32.6. The lowest BCUT2D eigenvalue weighted by molar-refractivity contribution is -0.393. The van der Waals surface area contributed by atoms with Crippen LogP contribution >= 0.6 is 11.6 Å². The number of nitro benzene ring substituents is 2. The van der Waals surface area contributed by atoms with Crippen molar-refractivity contribution < 1.29 is 19.4 Å². The number of carbonyl (C=O) groups excluding carboxylic acids is 2. The van der Waals surface area contributed by atoms with E-state index in [1.54, 1.807) is 69.3 Å². The first kappa shape index (κ1) is 33.3. The number of hydrogen-bond acceptors (Lipinski definition) is 9. The number of nitrogens with one attached hydrogen (secondary N) is 2. The fraction of sp³-hybridized carbons (Fsp3) is 0.300. The summed E-state index contributed by atoms with van der Waals surface area (Å²) < 4.78 is 0. The zero-order valence-electron chi connectivity index (χ0n) is 24.6. The van der Waals surface area contributed by atoms with Gasteiger partial charge in [-0.2, -0.15) is 5.26 Å². The van der Waals surface area contributed by atoms with Crippen molar-refractivity contribution in [2.45, 2.75) is 45.8 Å². The quantitative estimate of drug-likeness (QED) is 0.121. The minimum absolute atomic E-state index is 0.0674. The molecule has 0 saturated carbocycles. The number of likely N-dealkylation sites (N-methyl/N-ethyl adjacent to an activating group) is 1. The van der Waals surface area contributed by atoms with Gasteiger partial charge in [0.15, 0.2) is 6.19 Å². The molecule has 0 aliphatic carbocycles. The van der Waals surface area contributed by atoms with Crippen LogP contribution in [-0.2, 0) is 22.6 Å². The SMILES string of the molecule is CN(C(=O)[C@H](Cc1ccccc1)NC(=O)[C@@H](Nc1ccc([N+](=O)[O-])cc1[N+](=O)[O-])C(C)(C)C)N(C#N)Cc1ccc(Cl)cc1. The maximum atomic E-state index is 13.8. The first-order valence-corrected chi connectivity index (χ1v) is 13.8. The molecule has 3 aromatic rings. The number of halogens is 1. The molecule has 0 unspecified atom stereocenters. The predicted octanol–water partition coefficient (Wildman–Crippen LogP) is 5.07. The maximum Gasteiger partial charge on any atom is 0.299 e. The molecule has 0 spiro atoms. The Hall–Kier alpha value is -5.22. The molecule has 0 aliphatic rings. The van der Waals surface area contributed by atoms with Gasteiger partial charge in [-0.25, -0.2) is 10.0 Å². The van der Waals surface area contributed by atoms with Crippen molar-refractivity contribution in [2.75, 3.05) is 12.4 Å². The smallest absolute Gasteiger partial charge is 0.299 e. The van der Waals surface area contributed by atoms with Crippen LogP contribution in [0.15, 0.2) is 72.8 Å². The van der Waals surface area contributed by atoms with Crippen molar-refractivity contribution in [1.82, 2.24) is 15.3 Å². The summed E-state index contributed by atoms with van der Waals surface area (Å²) in [7, 11) is 1.42. The average Bonchev–Trinajstić information content (AvgIpc) is 2.98. The van der Waals surface area contributed by atoms with Crippen molar-refractivity contribution in [1.29, 1.82) is 5.26 Å². The van der Waals surface area contributed by atoms with E-state index >= 15 is 0 Å². The molecular formula is C30H32ClN7O6.